The van der Waals surface area contributed by atoms with Gasteiger partial charge in [0.05, 0.1) is 0 Å². The van der Waals surface area contributed by atoms with Crippen LogP contribution in [0.1, 0.15) is 49.0 Å². The Kier molecular flexibility index (Phi) is 5.84. The van der Waals surface area contributed by atoms with Gasteiger partial charge in [0.15, 0.2) is 5.96 Å². The molecule has 1 aliphatic rings. The Bertz CT molecular complexity index is 1040. The highest BCUT2D eigenvalue weighted by Gasteiger charge is 2.22. The van der Waals surface area contributed by atoms with E-state index in [0.29, 0.717) is 23.1 Å². The number of nitrogens with zero attached hydrogens (tertiary/aromatic N) is 3. The van der Waals surface area contributed by atoms with Gasteiger partial charge in [-0.1, -0.05) is 54.5 Å². The molecular formula is C24H27FN4O. The summed E-state index contributed by atoms with van der Waals surface area (Å²) < 4.78 is 20.4. The predicted octanol–water partition coefficient (Wildman–Crippen LogP) is 5.37. The highest BCUT2D eigenvalue weighted by atomic mass is 19.1. The minimum Gasteiger partial charge on any atom is -0.369 e. The third-order valence-electron chi connectivity index (χ3n) is 5.81. The molecule has 156 valence electrons. The molecule has 5 nitrogen and oxygen atoms in total. The lowest BCUT2D eigenvalue weighted by molar-refractivity contribution is 0.338. The second-order valence-electron chi connectivity index (χ2n) is 7.84. The number of nitrogens with two attached hydrogens (primary N) is 1. The van der Waals surface area contributed by atoms with Crippen molar-refractivity contribution < 1.29 is 8.91 Å². The van der Waals surface area contributed by atoms with E-state index in [1.54, 1.807) is 6.07 Å². The normalized spacial score (nSPS) is 16.0. The second kappa shape index (κ2) is 8.69. The number of likely N-dealkylation sites (tertiary alicyclic amines) is 1. The predicted molar refractivity (Wildman–Crippen MR) is 117 cm³/mol. The molecule has 30 heavy (non-hydrogen) atoms. The molecule has 0 saturated carbocycles. The third kappa shape index (κ3) is 4.08. The number of hydrogen-bond donors (Lipinski definition) is 1. The fourth-order valence-corrected chi connectivity index (χ4v) is 3.95. The fourth-order valence-electron chi connectivity index (χ4n) is 3.95. The molecule has 0 radical (unpaired) electrons. The van der Waals surface area contributed by atoms with E-state index >= 15 is 0 Å². The summed E-state index contributed by atoms with van der Waals surface area (Å²) in [4.78, 5) is 6.57. The summed E-state index contributed by atoms with van der Waals surface area (Å²) in [7, 11) is 0. The van der Waals surface area contributed by atoms with Gasteiger partial charge in [0.1, 0.15) is 11.6 Å². The SMILES string of the molecule is Cc1c(N=C(N)N2CCCCC2)noc1C(C)c1ccc(-c2ccccc2)c(F)c1. The van der Waals surface area contributed by atoms with Crippen LogP contribution in [0.2, 0.25) is 0 Å². The summed E-state index contributed by atoms with van der Waals surface area (Å²) in [5.74, 6) is 1.23. The van der Waals surface area contributed by atoms with Crippen LogP contribution in [-0.4, -0.2) is 29.1 Å². The Balaban J connectivity index is 1.57. The summed E-state index contributed by atoms with van der Waals surface area (Å²) >= 11 is 0. The molecule has 3 aromatic rings. The molecule has 2 heterocycles. The molecular weight excluding hydrogens is 379 g/mol. The molecule has 6 heteroatoms. The number of benzene rings is 2. The summed E-state index contributed by atoms with van der Waals surface area (Å²) in [6.07, 6.45) is 3.48. The first kappa shape index (κ1) is 20.1. The standard InChI is InChI=1S/C24H27FN4O/c1-16(19-11-12-20(21(25)15-19)18-9-5-3-6-10-18)22-17(2)23(28-30-22)27-24(26)29-13-7-4-8-14-29/h3,5-6,9-12,15-16H,4,7-8,13-14H2,1-2H3,(H2,26,27,28). The molecule has 4 rings (SSSR count). The number of aliphatic imine (C=N–C) groups is 1. The van der Waals surface area contributed by atoms with E-state index in [1.165, 1.54) is 6.42 Å². The van der Waals surface area contributed by atoms with Gasteiger partial charge in [0.2, 0.25) is 5.82 Å². The van der Waals surface area contributed by atoms with Gasteiger partial charge in [-0.05, 0) is 43.4 Å². The Morgan fingerprint density at radius 3 is 2.57 bits per heavy atom. The summed E-state index contributed by atoms with van der Waals surface area (Å²) in [6, 6.07) is 14.8. The van der Waals surface area contributed by atoms with Gasteiger partial charge in [-0.3, -0.25) is 0 Å². The lowest BCUT2D eigenvalue weighted by Gasteiger charge is -2.27. The first-order valence-electron chi connectivity index (χ1n) is 10.4. The van der Waals surface area contributed by atoms with Crippen LogP contribution in [0.15, 0.2) is 58.0 Å². The van der Waals surface area contributed by atoms with Gasteiger partial charge in [-0.15, -0.1) is 0 Å². The first-order valence-corrected chi connectivity index (χ1v) is 10.4. The second-order valence-corrected chi connectivity index (χ2v) is 7.84. The molecule has 1 aliphatic heterocycles. The Hall–Kier alpha value is -3.15. The van der Waals surface area contributed by atoms with Crippen molar-refractivity contribution in [1.29, 1.82) is 0 Å². The molecule has 0 aliphatic carbocycles. The quantitative estimate of drug-likeness (QED) is 0.467. The van der Waals surface area contributed by atoms with Crippen LogP contribution in [0.3, 0.4) is 0 Å². The number of piperidine rings is 1. The number of halogens is 1. The highest BCUT2D eigenvalue weighted by Crippen LogP contribution is 2.33. The summed E-state index contributed by atoms with van der Waals surface area (Å²) in [5.41, 5.74) is 9.28. The summed E-state index contributed by atoms with van der Waals surface area (Å²) in [6.45, 7) is 5.73. The highest BCUT2D eigenvalue weighted by molar-refractivity contribution is 5.81. The van der Waals surface area contributed by atoms with Gasteiger partial charge >= 0.3 is 0 Å². The van der Waals surface area contributed by atoms with E-state index in [1.807, 2.05) is 56.3 Å². The van der Waals surface area contributed by atoms with Crippen LogP contribution >= 0.6 is 0 Å². The van der Waals surface area contributed by atoms with Gasteiger partial charge in [-0.2, -0.15) is 4.99 Å². The monoisotopic (exact) mass is 406 g/mol. The first-order chi connectivity index (χ1) is 14.5. The molecule has 1 atom stereocenters. The van der Waals surface area contributed by atoms with E-state index in [4.69, 9.17) is 10.3 Å². The minimum absolute atomic E-state index is 0.156. The van der Waals surface area contributed by atoms with Gasteiger partial charge in [-0.25, -0.2) is 4.39 Å². The molecule has 1 aromatic heterocycles. The minimum atomic E-state index is -0.254. The van der Waals surface area contributed by atoms with Crippen molar-refractivity contribution in [3.8, 4) is 11.1 Å². The van der Waals surface area contributed by atoms with Crippen LogP contribution in [0.5, 0.6) is 0 Å². The maximum Gasteiger partial charge on any atom is 0.201 e. The van der Waals surface area contributed by atoms with Crippen molar-refractivity contribution in [3.05, 3.63) is 71.2 Å². The molecule has 0 bridgehead atoms. The third-order valence-corrected chi connectivity index (χ3v) is 5.81. The Morgan fingerprint density at radius 2 is 1.87 bits per heavy atom. The van der Waals surface area contributed by atoms with Gasteiger partial charge in [0, 0.05) is 30.1 Å². The summed E-state index contributed by atoms with van der Waals surface area (Å²) in [5, 5.41) is 4.12. The molecule has 0 spiro atoms. The zero-order valence-electron chi connectivity index (χ0n) is 17.4. The van der Waals surface area contributed by atoms with Crippen molar-refractivity contribution in [2.24, 2.45) is 10.7 Å². The van der Waals surface area contributed by atoms with Gasteiger partial charge < -0.3 is 15.2 Å². The van der Waals surface area contributed by atoms with Crippen molar-refractivity contribution in [2.75, 3.05) is 13.1 Å². The number of hydrogen-bond acceptors (Lipinski definition) is 3. The average Bonchev–Trinajstić information content (AvgIpc) is 3.14. The van der Waals surface area contributed by atoms with Crippen LogP contribution in [-0.2, 0) is 0 Å². The lowest BCUT2D eigenvalue weighted by atomic mass is 9.93. The largest absolute Gasteiger partial charge is 0.369 e. The maximum absolute atomic E-state index is 14.8. The van der Waals surface area contributed by atoms with E-state index in [0.717, 1.165) is 42.6 Å². The average molecular weight is 407 g/mol. The van der Waals surface area contributed by atoms with Crippen molar-refractivity contribution in [1.82, 2.24) is 10.1 Å². The molecule has 1 saturated heterocycles. The van der Waals surface area contributed by atoms with Crippen LogP contribution in [0, 0.1) is 12.7 Å². The van der Waals surface area contributed by atoms with Crippen molar-refractivity contribution in [3.63, 3.8) is 0 Å². The number of guanidine groups is 1. The molecule has 1 fully saturated rings. The fraction of sp³-hybridized carbons (Fsp3) is 0.333. The van der Waals surface area contributed by atoms with Crippen LogP contribution in [0.25, 0.3) is 11.1 Å². The molecule has 1 unspecified atom stereocenters. The lowest BCUT2D eigenvalue weighted by Crippen LogP contribution is -2.40. The number of aromatic nitrogens is 1. The van der Waals surface area contributed by atoms with E-state index in [2.05, 4.69) is 15.0 Å². The van der Waals surface area contributed by atoms with Crippen molar-refractivity contribution in [2.45, 2.75) is 39.0 Å². The van der Waals surface area contributed by atoms with Crippen LogP contribution in [0.4, 0.5) is 10.2 Å². The van der Waals surface area contributed by atoms with Crippen LogP contribution < -0.4 is 5.73 Å². The van der Waals surface area contributed by atoms with E-state index < -0.39 is 0 Å². The molecule has 0 amide bonds. The zero-order chi connectivity index (χ0) is 21.1. The van der Waals surface area contributed by atoms with Gasteiger partial charge in [0.25, 0.3) is 0 Å². The zero-order valence-corrected chi connectivity index (χ0v) is 17.4. The Morgan fingerprint density at radius 1 is 1.13 bits per heavy atom. The smallest absolute Gasteiger partial charge is 0.201 e. The topological polar surface area (TPSA) is 67.7 Å². The van der Waals surface area contributed by atoms with E-state index in [-0.39, 0.29) is 11.7 Å². The van der Waals surface area contributed by atoms with Crippen molar-refractivity contribution >= 4 is 11.8 Å². The molecule has 2 N–H and O–H groups in total. The molecule has 2 aromatic carbocycles. The number of rotatable bonds is 4. The van der Waals surface area contributed by atoms with E-state index in [9.17, 15) is 4.39 Å². The Labute approximate surface area is 176 Å². The maximum atomic E-state index is 14.8.